The molecule has 1 atom stereocenters. The maximum atomic E-state index is 12.7. The average molecular weight is 469 g/mol. The van der Waals surface area contributed by atoms with Gasteiger partial charge in [-0.3, -0.25) is 9.69 Å². The minimum atomic E-state index is -0.317. The predicted octanol–water partition coefficient (Wildman–Crippen LogP) is 2.72. The molecule has 5 rings (SSSR count). The molecule has 3 fully saturated rings. The second kappa shape index (κ2) is 10.1. The lowest BCUT2D eigenvalue weighted by Crippen LogP contribution is -2.53. The summed E-state index contributed by atoms with van der Waals surface area (Å²) < 4.78 is 2.08. The number of carbonyl (C=O) groups is 1. The molecule has 2 aromatic rings. The van der Waals surface area contributed by atoms with Gasteiger partial charge in [0.25, 0.3) is 0 Å². The van der Waals surface area contributed by atoms with E-state index in [9.17, 15) is 4.79 Å². The second-order valence-electron chi connectivity index (χ2n) is 9.65. The summed E-state index contributed by atoms with van der Waals surface area (Å²) in [6.45, 7) is 7.11. The van der Waals surface area contributed by atoms with Crippen molar-refractivity contribution < 1.29 is 4.79 Å². The first-order chi connectivity index (χ1) is 16.1. The molecule has 33 heavy (non-hydrogen) atoms. The molecule has 2 N–H and O–H groups in total. The van der Waals surface area contributed by atoms with Crippen LogP contribution in [0.3, 0.4) is 0 Å². The molecule has 1 aromatic heterocycles. The number of piperazine rings is 1. The van der Waals surface area contributed by atoms with Crippen molar-refractivity contribution in [1.82, 2.24) is 19.6 Å². The van der Waals surface area contributed by atoms with Crippen molar-refractivity contribution in [2.24, 2.45) is 11.7 Å². The highest BCUT2D eigenvalue weighted by Gasteiger charge is 2.35. The van der Waals surface area contributed by atoms with Gasteiger partial charge in [0.15, 0.2) is 0 Å². The van der Waals surface area contributed by atoms with Crippen LogP contribution in [0, 0.1) is 12.8 Å². The average Bonchev–Trinajstić information content (AvgIpc) is 3.54. The fourth-order valence-electron chi connectivity index (χ4n) is 5.61. The highest BCUT2D eigenvalue weighted by atomic mass is 32.2. The Morgan fingerprint density at radius 1 is 1.06 bits per heavy atom. The van der Waals surface area contributed by atoms with E-state index in [4.69, 9.17) is 10.8 Å². The largest absolute Gasteiger partial charge is 0.354 e. The van der Waals surface area contributed by atoms with Gasteiger partial charge in [0.05, 0.1) is 23.3 Å². The third-order valence-corrected chi connectivity index (χ3v) is 8.53. The zero-order valence-electron chi connectivity index (χ0n) is 19.6. The van der Waals surface area contributed by atoms with Crippen LogP contribution in [-0.2, 0) is 4.79 Å². The summed E-state index contributed by atoms with van der Waals surface area (Å²) in [4.78, 5) is 19.8. The Kier molecular flexibility index (Phi) is 6.94. The Morgan fingerprint density at radius 2 is 1.79 bits per heavy atom. The zero-order valence-corrected chi connectivity index (χ0v) is 20.4. The predicted molar refractivity (Wildman–Crippen MR) is 135 cm³/mol. The first kappa shape index (κ1) is 22.7. The summed E-state index contributed by atoms with van der Waals surface area (Å²) in [5.41, 5.74) is 8.57. The number of anilines is 1. The maximum Gasteiger partial charge on any atom is 0.240 e. The van der Waals surface area contributed by atoms with Crippen molar-refractivity contribution in [3.05, 3.63) is 42.1 Å². The molecule has 2 saturated heterocycles. The van der Waals surface area contributed by atoms with Crippen LogP contribution in [-0.4, -0.2) is 81.9 Å². The Hall–Kier alpha value is -2.03. The lowest BCUT2D eigenvalue weighted by molar-refractivity contribution is -0.132. The van der Waals surface area contributed by atoms with E-state index in [0.717, 1.165) is 81.4 Å². The lowest BCUT2D eigenvalue weighted by atomic mass is 9.80. The molecule has 0 radical (unpaired) electrons. The molecule has 3 aliphatic rings. The SMILES string of the molecule is Cc1cc(N2CCN(C3CCC([C@H](N)C(=O)N4CCSC4)CC3)CC2)n(-c2ccccc2)n1. The minimum Gasteiger partial charge on any atom is -0.354 e. The fourth-order valence-corrected chi connectivity index (χ4v) is 6.57. The van der Waals surface area contributed by atoms with Crippen molar-refractivity contribution in [3.8, 4) is 5.69 Å². The highest BCUT2D eigenvalue weighted by molar-refractivity contribution is 7.99. The van der Waals surface area contributed by atoms with Gasteiger partial charge < -0.3 is 15.5 Å². The molecule has 3 heterocycles. The number of benzene rings is 1. The van der Waals surface area contributed by atoms with Crippen LogP contribution < -0.4 is 10.6 Å². The van der Waals surface area contributed by atoms with E-state index < -0.39 is 0 Å². The van der Waals surface area contributed by atoms with Gasteiger partial charge in [-0.1, -0.05) is 18.2 Å². The minimum absolute atomic E-state index is 0.169. The molecule has 2 aliphatic heterocycles. The van der Waals surface area contributed by atoms with Crippen molar-refractivity contribution in [1.29, 1.82) is 0 Å². The number of aryl methyl sites for hydroxylation is 1. The van der Waals surface area contributed by atoms with Gasteiger partial charge >= 0.3 is 0 Å². The van der Waals surface area contributed by atoms with Crippen molar-refractivity contribution in [2.75, 3.05) is 49.3 Å². The number of thioether (sulfide) groups is 1. The number of para-hydroxylation sites is 1. The third kappa shape index (κ3) is 4.93. The first-order valence-corrected chi connectivity index (χ1v) is 13.5. The quantitative estimate of drug-likeness (QED) is 0.728. The Bertz CT molecular complexity index is 928. The molecular weight excluding hydrogens is 432 g/mol. The van der Waals surface area contributed by atoms with Crippen LogP contribution in [0.4, 0.5) is 5.82 Å². The van der Waals surface area contributed by atoms with E-state index in [1.165, 1.54) is 5.82 Å². The molecule has 7 nitrogen and oxygen atoms in total. The van der Waals surface area contributed by atoms with Crippen molar-refractivity contribution >= 4 is 23.5 Å². The van der Waals surface area contributed by atoms with E-state index in [-0.39, 0.29) is 11.9 Å². The number of aromatic nitrogens is 2. The summed E-state index contributed by atoms with van der Waals surface area (Å²) in [5.74, 6) is 3.55. The topological polar surface area (TPSA) is 70.6 Å². The Labute approximate surface area is 201 Å². The zero-order chi connectivity index (χ0) is 22.8. The van der Waals surface area contributed by atoms with Crippen LogP contribution in [0.1, 0.15) is 31.4 Å². The molecule has 1 saturated carbocycles. The Morgan fingerprint density at radius 3 is 2.45 bits per heavy atom. The highest BCUT2D eigenvalue weighted by Crippen LogP contribution is 2.32. The maximum absolute atomic E-state index is 12.7. The van der Waals surface area contributed by atoms with Gasteiger partial charge in [0.1, 0.15) is 5.82 Å². The van der Waals surface area contributed by atoms with E-state index in [2.05, 4.69) is 51.7 Å². The molecule has 8 heteroatoms. The number of nitrogens with zero attached hydrogens (tertiary/aromatic N) is 5. The van der Waals surface area contributed by atoms with Gasteiger partial charge in [-0.25, -0.2) is 4.68 Å². The van der Waals surface area contributed by atoms with E-state index in [1.807, 2.05) is 22.7 Å². The number of amides is 1. The summed E-state index contributed by atoms with van der Waals surface area (Å²) in [5, 5.41) is 4.75. The van der Waals surface area contributed by atoms with E-state index in [1.54, 1.807) is 0 Å². The van der Waals surface area contributed by atoms with Gasteiger partial charge in [-0.15, -0.1) is 11.8 Å². The molecule has 0 spiro atoms. The normalized spacial score (nSPS) is 25.4. The van der Waals surface area contributed by atoms with E-state index >= 15 is 0 Å². The second-order valence-corrected chi connectivity index (χ2v) is 10.7. The van der Waals surface area contributed by atoms with Crippen molar-refractivity contribution in [3.63, 3.8) is 0 Å². The van der Waals surface area contributed by atoms with Gasteiger partial charge in [-0.05, 0) is 50.7 Å². The first-order valence-electron chi connectivity index (χ1n) is 12.3. The molecule has 0 unspecified atom stereocenters. The third-order valence-electron chi connectivity index (χ3n) is 7.57. The van der Waals surface area contributed by atoms with Crippen LogP contribution >= 0.6 is 11.8 Å². The van der Waals surface area contributed by atoms with Crippen LogP contribution in [0.5, 0.6) is 0 Å². The summed E-state index contributed by atoms with van der Waals surface area (Å²) in [6.07, 6.45) is 4.44. The van der Waals surface area contributed by atoms with Crippen LogP contribution in [0.2, 0.25) is 0 Å². The Balaban J connectivity index is 1.14. The molecule has 1 aliphatic carbocycles. The van der Waals surface area contributed by atoms with Gasteiger partial charge in [0.2, 0.25) is 5.91 Å². The molecule has 1 amide bonds. The molecule has 0 bridgehead atoms. The summed E-state index contributed by atoms with van der Waals surface area (Å²) in [7, 11) is 0. The molecular formula is C25H36N6OS. The van der Waals surface area contributed by atoms with Crippen LogP contribution in [0.15, 0.2) is 36.4 Å². The van der Waals surface area contributed by atoms with Gasteiger partial charge in [-0.2, -0.15) is 5.10 Å². The summed E-state index contributed by atoms with van der Waals surface area (Å²) >= 11 is 1.83. The number of carbonyl (C=O) groups excluding carboxylic acids is 1. The van der Waals surface area contributed by atoms with Crippen LogP contribution in [0.25, 0.3) is 5.69 Å². The number of hydrogen-bond acceptors (Lipinski definition) is 6. The fraction of sp³-hybridized carbons (Fsp3) is 0.600. The standard InChI is InChI=1S/C25H36N6OS/c1-19-17-23(31(27-19)22-5-3-2-4-6-22)29-13-11-28(12-14-29)21-9-7-20(8-10-21)24(26)25(32)30-15-16-33-18-30/h2-6,17,20-21,24H,7-16,18,26H2,1H3/t20?,21?,24-/m0/s1. The smallest absolute Gasteiger partial charge is 0.240 e. The summed E-state index contributed by atoms with van der Waals surface area (Å²) in [6, 6.07) is 12.9. The molecule has 1 aromatic carbocycles. The number of hydrogen-bond donors (Lipinski definition) is 1. The lowest BCUT2D eigenvalue weighted by Gasteiger charge is -2.43. The molecule has 178 valence electrons. The monoisotopic (exact) mass is 468 g/mol. The number of nitrogens with two attached hydrogens (primary N) is 1. The van der Waals surface area contributed by atoms with E-state index in [0.29, 0.717) is 12.0 Å². The van der Waals surface area contributed by atoms with Gasteiger partial charge in [0, 0.05) is 50.6 Å². The van der Waals surface area contributed by atoms with Crippen molar-refractivity contribution in [2.45, 2.75) is 44.7 Å². The number of rotatable bonds is 5.